The minimum Gasteiger partial charge on any atom is -0.481 e. The fraction of sp³-hybridized carbons (Fsp3) is 0.231. The van der Waals surface area contributed by atoms with Crippen LogP contribution in [-0.4, -0.2) is 22.9 Å². The molecule has 1 unspecified atom stereocenters. The van der Waals surface area contributed by atoms with Crippen LogP contribution in [0.5, 0.6) is 11.5 Å². The van der Waals surface area contributed by atoms with Crippen LogP contribution >= 0.6 is 12.4 Å². The van der Waals surface area contributed by atoms with Crippen molar-refractivity contribution < 1.29 is 19.4 Å². The van der Waals surface area contributed by atoms with Crippen LogP contribution in [0.15, 0.2) is 24.5 Å². The number of hydrogen-bond acceptors (Lipinski definition) is 4. The highest BCUT2D eigenvalue weighted by Gasteiger charge is 2.20. The first kappa shape index (κ1) is 13.4. The summed E-state index contributed by atoms with van der Waals surface area (Å²) in [7, 11) is 0. The van der Waals surface area contributed by atoms with E-state index < -0.39 is 11.9 Å². The Hall–Kier alpha value is -2.01. The third kappa shape index (κ3) is 2.17. The number of carbonyl (C=O) groups is 1. The second-order valence-electron chi connectivity index (χ2n) is 4.22. The van der Waals surface area contributed by atoms with Gasteiger partial charge in [-0.05, 0) is 30.0 Å². The lowest BCUT2D eigenvalue weighted by Gasteiger charge is -2.10. The highest BCUT2D eigenvalue weighted by atomic mass is 35.5. The normalized spacial score (nSPS) is 13.9. The zero-order chi connectivity index (χ0) is 12.7. The molecule has 2 aromatic rings. The molecule has 3 rings (SSSR count). The van der Waals surface area contributed by atoms with E-state index in [1.165, 1.54) is 0 Å². The van der Waals surface area contributed by atoms with E-state index in [0.717, 1.165) is 10.8 Å². The molecule has 1 N–H and O–H groups in total. The number of ether oxygens (including phenoxy) is 2. The van der Waals surface area contributed by atoms with Crippen LogP contribution in [0.25, 0.3) is 10.8 Å². The van der Waals surface area contributed by atoms with E-state index in [-0.39, 0.29) is 19.2 Å². The Labute approximate surface area is 115 Å². The van der Waals surface area contributed by atoms with Crippen molar-refractivity contribution in [1.29, 1.82) is 0 Å². The maximum absolute atomic E-state index is 11.1. The molecule has 1 aliphatic rings. The van der Waals surface area contributed by atoms with Crippen LogP contribution in [0.1, 0.15) is 18.4 Å². The van der Waals surface area contributed by atoms with Gasteiger partial charge in [-0.15, -0.1) is 12.4 Å². The number of halogens is 1. The molecule has 0 saturated carbocycles. The molecule has 0 spiro atoms. The van der Waals surface area contributed by atoms with Crippen LogP contribution in [0.3, 0.4) is 0 Å². The summed E-state index contributed by atoms with van der Waals surface area (Å²) in [6, 6.07) is 3.64. The average Bonchev–Trinajstić information content (AvgIpc) is 2.81. The third-order valence-electron chi connectivity index (χ3n) is 3.12. The van der Waals surface area contributed by atoms with Gasteiger partial charge in [0.25, 0.3) is 0 Å². The van der Waals surface area contributed by atoms with E-state index >= 15 is 0 Å². The molecule has 1 atom stereocenters. The molecule has 19 heavy (non-hydrogen) atoms. The molecule has 0 bridgehead atoms. The molecular weight excluding hydrogens is 270 g/mol. The summed E-state index contributed by atoms with van der Waals surface area (Å²) in [4.78, 5) is 15.2. The molecule has 100 valence electrons. The van der Waals surface area contributed by atoms with Crippen LogP contribution in [0.2, 0.25) is 0 Å². The van der Waals surface area contributed by atoms with E-state index in [2.05, 4.69) is 4.98 Å². The molecule has 0 amide bonds. The Kier molecular flexibility index (Phi) is 3.48. The smallest absolute Gasteiger partial charge is 0.310 e. The molecule has 0 saturated heterocycles. The standard InChI is InChI=1S/C13H11NO4.ClH/c1-7(13(15)16)10-5-14-4-8-2-11-12(3-9(8)10)18-6-17-11;/h2-5,7H,6H2,1H3,(H,15,16);1H. The number of hydrogen-bond donors (Lipinski definition) is 1. The van der Waals surface area contributed by atoms with Gasteiger partial charge in [0.1, 0.15) is 0 Å². The fourth-order valence-corrected chi connectivity index (χ4v) is 2.06. The monoisotopic (exact) mass is 281 g/mol. The Morgan fingerprint density at radius 2 is 2.00 bits per heavy atom. The van der Waals surface area contributed by atoms with Gasteiger partial charge in [-0.25, -0.2) is 0 Å². The molecule has 1 aromatic heterocycles. The minimum atomic E-state index is -0.873. The highest BCUT2D eigenvalue weighted by Crippen LogP contribution is 2.38. The SMILES string of the molecule is CC(C(=O)O)c1cncc2cc3c(cc12)OCO3.Cl. The van der Waals surface area contributed by atoms with Gasteiger partial charge in [-0.2, -0.15) is 0 Å². The van der Waals surface area contributed by atoms with Crippen molar-refractivity contribution in [3.8, 4) is 11.5 Å². The van der Waals surface area contributed by atoms with Gasteiger partial charge in [0.2, 0.25) is 6.79 Å². The third-order valence-corrected chi connectivity index (χ3v) is 3.12. The summed E-state index contributed by atoms with van der Waals surface area (Å²) in [5, 5.41) is 10.8. The second-order valence-corrected chi connectivity index (χ2v) is 4.22. The number of rotatable bonds is 2. The van der Waals surface area contributed by atoms with Crippen LogP contribution < -0.4 is 9.47 Å². The number of fused-ring (bicyclic) bond motifs is 2. The molecule has 5 nitrogen and oxygen atoms in total. The van der Waals surface area contributed by atoms with Crippen molar-refractivity contribution in [3.63, 3.8) is 0 Å². The first-order valence-electron chi connectivity index (χ1n) is 5.57. The predicted molar refractivity (Wildman–Crippen MR) is 71.2 cm³/mol. The summed E-state index contributed by atoms with van der Waals surface area (Å²) >= 11 is 0. The maximum atomic E-state index is 11.1. The lowest BCUT2D eigenvalue weighted by atomic mass is 9.97. The maximum Gasteiger partial charge on any atom is 0.310 e. The van der Waals surface area contributed by atoms with E-state index in [4.69, 9.17) is 14.6 Å². The van der Waals surface area contributed by atoms with Crippen LogP contribution in [0, 0.1) is 0 Å². The van der Waals surface area contributed by atoms with Crippen molar-refractivity contribution in [3.05, 3.63) is 30.1 Å². The fourth-order valence-electron chi connectivity index (χ4n) is 2.06. The van der Waals surface area contributed by atoms with Crippen molar-refractivity contribution in [2.45, 2.75) is 12.8 Å². The summed E-state index contributed by atoms with van der Waals surface area (Å²) in [6.45, 7) is 1.84. The van der Waals surface area contributed by atoms with E-state index in [0.29, 0.717) is 17.1 Å². The highest BCUT2D eigenvalue weighted by molar-refractivity contribution is 5.92. The Morgan fingerprint density at radius 3 is 2.68 bits per heavy atom. The topological polar surface area (TPSA) is 68.7 Å². The van der Waals surface area contributed by atoms with Crippen LogP contribution in [-0.2, 0) is 4.79 Å². The molecule has 1 aliphatic heterocycles. The summed E-state index contributed by atoms with van der Waals surface area (Å²) in [6.07, 6.45) is 3.28. The zero-order valence-corrected chi connectivity index (χ0v) is 10.9. The van der Waals surface area contributed by atoms with E-state index in [1.54, 1.807) is 19.3 Å². The van der Waals surface area contributed by atoms with Gasteiger partial charge < -0.3 is 14.6 Å². The first-order chi connectivity index (χ1) is 8.66. The van der Waals surface area contributed by atoms with E-state index in [1.807, 2.05) is 12.1 Å². The summed E-state index contributed by atoms with van der Waals surface area (Å²) in [5.74, 6) is -0.166. The lowest BCUT2D eigenvalue weighted by Crippen LogP contribution is -2.08. The van der Waals surface area contributed by atoms with Gasteiger partial charge in [0.05, 0.1) is 5.92 Å². The number of pyridine rings is 1. The number of aliphatic carboxylic acids is 1. The van der Waals surface area contributed by atoms with Crippen molar-refractivity contribution in [2.75, 3.05) is 6.79 Å². The lowest BCUT2D eigenvalue weighted by molar-refractivity contribution is -0.138. The van der Waals surface area contributed by atoms with Gasteiger partial charge in [-0.1, -0.05) is 0 Å². The minimum absolute atomic E-state index is 0. The molecule has 6 heteroatoms. The molecule has 1 aromatic carbocycles. The van der Waals surface area contributed by atoms with E-state index in [9.17, 15) is 4.79 Å². The zero-order valence-electron chi connectivity index (χ0n) is 10.1. The average molecular weight is 282 g/mol. The quantitative estimate of drug-likeness (QED) is 0.916. The van der Waals surface area contributed by atoms with Gasteiger partial charge in [0, 0.05) is 17.8 Å². The number of nitrogens with zero attached hydrogens (tertiary/aromatic N) is 1. The summed E-state index contributed by atoms with van der Waals surface area (Å²) < 4.78 is 10.6. The Morgan fingerprint density at radius 1 is 1.32 bits per heavy atom. The number of benzene rings is 1. The Bertz CT molecular complexity index is 644. The Balaban J connectivity index is 0.00000133. The van der Waals surface area contributed by atoms with Gasteiger partial charge in [-0.3, -0.25) is 9.78 Å². The number of aromatic nitrogens is 1. The molecule has 0 fully saturated rings. The number of carboxylic acids is 1. The molecule has 0 aliphatic carbocycles. The predicted octanol–water partition coefficient (Wildman–Crippen LogP) is 2.57. The molecular formula is C13H12ClNO4. The first-order valence-corrected chi connectivity index (χ1v) is 5.57. The second kappa shape index (κ2) is 4.93. The van der Waals surface area contributed by atoms with Crippen LogP contribution in [0.4, 0.5) is 0 Å². The molecule has 2 heterocycles. The number of carboxylic acid groups (broad SMARTS) is 1. The molecule has 0 radical (unpaired) electrons. The van der Waals surface area contributed by atoms with Crippen molar-refractivity contribution in [1.82, 2.24) is 4.98 Å². The summed E-state index contributed by atoms with van der Waals surface area (Å²) in [5.41, 5.74) is 0.679. The van der Waals surface area contributed by atoms with Crippen molar-refractivity contribution in [2.24, 2.45) is 0 Å². The van der Waals surface area contributed by atoms with Gasteiger partial charge >= 0.3 is 5.97 Å². The largest absolute Gasteiger partial charge is 0.481 e. The van der Waals surface area contributed by atoms with Gasteiger partial charge in [0.15, 0.2) is 11.5 Å². The van der Waals surface area contributed by atoms with Crippen molar-refractivity contribution >= 4 is 29.1 Å².